The minimum absolute atomic E-state index is 0.0157. The third-order valence-corrected chi connectivity index (χ3v) is 22.6. The number of thiophene rings is 1. The molecule has 0 atom stereocenters. The Morgan fingerprint density at radius 1 is 0.391 bits per heavy atom. The third kappa shape index (κ3) is 7.59. The van der Waals surface area contributed by atoms with Gasteiger partial charge in [-0.05, 0) is 169 Å². The van der Waals surface area contributed by atoms with E-state index < -0.39 is 0 Å². The average Bonchev–Trinajstić information content (AvgIpc) is 1.45. The molecular weight excluding hydrogens is 1130 g/mol. The molecule has 0 radical (unpaired) electrons. The van der Waals surface area contributed by atoms with Crippen LogP contribution in [0.25, 0.3) is 126 Å². The van der Waals surface area contributed by atoms with Gasteiger partial charge in [-0.1, -0.05) is 218 Å². The SMILES string of the molecule is CC(C)(C)c1ccc2sc3c(c2c1)N(c1ccc2c(c1)C(C)(C)CCC2(C)C)c1cc(-n2c4ccc(-c5ccccc5)cc4c4cc(-c5ccccc5)ccc42)cc2c1B3c1cccc3c4c(-c5ccccc5)c5c6ccccc6n(-c6ccccc6)c5cc4n-2c13. The first kappa shape index (κ1) is 53.7. The quantitative estimate of drug-likeness (QED) is 0.152. The summed E-state index contributed by atoms with van der Waals surface area (Å²) in [6.45, 7) is 16.9. The van der Waals surface area contributed by atoms with Gasteiger partial charge in [-0.25, -0.2) is 0 Å². The van der Waals surface area contributed by atoms with Crippen molar-refractivity contribution in [1.82, 2.24) is 13.7 Å². The van der Waals surface area contributed by atoms with Crippen LogP contribution < -0.4 is 20.6 Å². The van der Waals surface area contributed by atoms with E-state index in [-0.39, 0.29) is 23.0 Å². The summed E-state index contributed by atoms with van der Waals surface area (Å²) in [5.74, 6) is 0. The highest BCUT2D eigenvalue weighted by Gasteiger charge is 2.46. The molecule has 0 unspecified atom stereocenters. The van der Waals surface area contributed by atoms with E-state index >= 15 is 0 Å². The largest absolute Gasteiger partial charge is 0.310 e. The maximum Gasteiger partial charge on any atom is 0.264 e. The van der Waals surface area contributed by atoms with Crippen LogP contribution in [0.2, 0.25) is 0 Å². The van der Waals surface area contributed by atoms with E-state index in [1.807, 2.05) is 11.3 Å². The lowest BCUT2D eigenvalue weighted by Crippen LogP contribution is -2.59. The van der Waals surface area contributed by atoms with E-state index in [9.17, 15) is 0 Å². The molecule has 4 nitrogen and oxygen atoms in total. The van der Waals surface area contributed by atoms with Crippen molar-refractivity contribution in [2.45, 2.75) is 77.6 Å². The van der Waals surface area contributed by atoms with Crippen molar-refractivity contribution in [1.29, 1.82) is 0 Å². The van der Waals surface area contributed by atoms with Crippen molar-refractivity contribution < 1.29 is 0 Å². The molecule has 3 aliphatic rings. The fraction of sp³-hybridized carbons (Fsp3) is 0.140. The van der Waals surface area contributed by atoms with Crippen molar-refractivity contribution in [3.63, 3.8) is 0 Å². The molecule has 0 fully saturated rings. The molecule has 0 spiro atoms. The summed E-state index contributed by atoms with van der Waals surface area (Å²) in [5, 5.41) is 8.82. The van der Waals surface area contributed by atoms with Gasteiger partial charge in [0, 0.05) is 81.0 Å². The van der Waals surface area contributed by atoms with Gasteiger partial charge in [0.2, 0.25) is 0 Å². The number of fused-ring (bicyclic) bond motifs is 16. The second-order valence-corrected chi connectivity index (χ2v) is 29.7. The van der Waals surface area contributed by atoms with Gasteiger partial charge in [0.05, 0.1) is 39.0 Å². The van der Waals surface area contributed by atoms with Crippen molar-refractivity contribution in [3.05, 3.63) is 271 Å². The summed E-state index contributed by atoms with van der Waals surface area (Å²) in [4.78, 5) is 2.74. The van der Waals surface area contributed by atoms with Crippen LogP contribution in [0.3, 0.4) is 0 Å². The summed E-state index contributed by atoms with van der Waals surface area (Å²) < 4.78 is 10.5. The smallest absolute Gasteiger partial charge is 0.264 e. The molecule has 19 rings (SSSR count). The van der Waals surface area contributed by atoms with Crippen LogP contribution in [0, 0.1) is 0 Å². The normalized spacial score (nSPS) is 14.7. The second-order valence-electron chi connectivity index (χ2n) is 28.6. The Bertz CT molecular complexity index is 5700. The number of nitrogens with zero attached hydrogens (tertiary/aromatic N) is 4. The van der Waals surface area contributed by atoms with Crippen molar-refractivity contribution in [2.75, 3.05) is 4.90 Å². The number of rotatable bonds is 6. The first-order chi connectivity index (χ1) is 44.8. The standard InChI is InChI=1S/C86H67BN4S/c1-84(2,3)57-37-42-76-65(47-57)82-83(92-76)87-68-33-22-32-62-79-73(51-72-78(77(79)54-27-16-10-17-28-54)61-31-20-21-34-69(61)88(72)58-29-18-11-19-30-58)91(81(62)68)75-50-60(49-74(80(75)87)90(82)59-38-39-66-67(48-59)86(6,7)44-43-85(66,4)5)89-70-40-35-55(52-23-12-8-13-24-52)45-63(70)64-46-56(36-41-71(64)89)53-25-14-9-15-26-53/h8-42,45-51H,43-44H2,1-7H3. The van der Waals surface area contributed by atoms with Crippen LogP contribution in [0.5, 0.6) is 0 Å². The first-order valence-electron chi connectivity index (χ1n) is 32.8. The molecule has 440 valence electrons. The van der Waals surface area contributed by atoms with E-state index in [2.05, 4.69) is 322 Å². The van der Waals surface area contributed by atoms with Gasteiger partial charge in [-0.3, -0.25) is 0 Å². The molecule has 12 aromatic carbocycles. The van der Waals surface area contributed by atoms with Crippen LogP contribution in [0.15, 0.2) is 255 Å². The minimum Gasteiger partial charge on any atom is -0.310 e. The lowest BCUT2D eigenvalue weighted by Gasteiger charge is -2.43. The zero-order chi connectivity index (χ0) is 61.7. The summed E-state index contributed by atoms with van der Waals surface area (Å²) in [6, 6.07) is 97.4. The van der Waals surface area contributed by atoms with E-state index in [1.165, 1.54) is 164 Å². The molecule has 92 heavy (non-hydrogen) atoms. The molecule has 0 bridgehead atoms. The van der Waals surface area contributed by atoms with Gasteiger partial charge in [0.15, 0.2) is 0 Å². The van der Waals surface area contributed by atoms with Crippen LogP contribution in [-0.2, 0) is 16.2 Å². The Labute approximate surface area is 541 Å². The lowest BCUT2D eigenvalue weighted by molar-refractivity contribution is 0.332. The van der Waals surface area contributed by atoms with Gasteiger partial charge in [-0.15, -0.1) is 11.3 Å². The van der Waals surface area contributed by atoms with Gasteiger partial charge in [0.1, 0.15) is 0 Å². The monoisotopic (exact) mass is 1200 g/mol. The van der Waals surface area contributed by atoms with Crippen molar-refractivity contribution >= 4 is 126 Å². The number of anilines is 3. The third-order valence-electron chi connectivity index (χ3n) is 21.4. The number of hydrogen-bond donors (Lipinski definition) is 0. The molecule has 0 saturated heterocycles. The van der Waals surface area contributed by atoms with Gasteiger partial charge < -0.3 is 18.6 Å². The molecule has 4 aromatic heterocycles. The van der Waals surface area contributed by atoms with Crippen LogP contribution in [0.1, 0.15) is 78.0 Å². The average molecular weight is 1200 g/mol. The molecule has 0 saturated carbocycles. The van der Waals surface area contributed by atoms with E-state index in [1.54, 1.807) is 0 Å². The zero-order valence-electron chi connectivity index (χ0n) is 52.9. The van der Waals surface area contributed by atoms with Gasteiger partial charge in [-0.2, -0.15) is 0 Å². The Hall–Kier alpha value is -10.1. The number of hydrogen-bond acceptors (Lipinski definition) is 2. The first-order valence-corrected chi connectivity index (χ1v) is 33.6. The zero-order valence-corrected chi connectivity index (χ0v) is 53.8. The van der Waals surface area contributed by atoms with E-state index in [0.29, 0.717) is 0 Å². The number of aromatic nitrogens is 3. The number of para-hydroxylation sites is 3. The molecule has 1 aliphatic carbocycles. The predicted molar refractivity (Wildman–Crippen MR) is 394 cm³/mol. The van der Waals surface area contributed by atoms with Crippen LogP contribution in [0.4, 0.5) is 17.1 Å². The fourth-order valence-electron chi connectivity index (χ4n) is 16.8. The van der Waals surface area contributed by atoms with Crippen LogP contribution in [-0.4, -0.2) is 20.4 Å². The van der Waals surface area contributed by atoms with Crippen molar-refractivity contribution in [3.8, 4) is 50.4 Å². The molecule has 6 heteroatoms. The highest BCUT2D eigenvalue weighted by atomic mass is 32.1. The van der Waals surface area contributed by atoms with Gasteiger partial charge in [0.25, 0.3) is 6.71 Å². The maximum absolute atomic E-state index is 2.74. The topological polar surface area (TPSA) is 18.0 Å². The van der Waals surface area contributed by atoms with E-state index in [4.69, 9.17) is 0 Å². The Kier molecular flexibility index (Phi) is 11.2. The molecule has 6 heterocycles. The van der Waals surface area contributed by atoms with Gasteiger partial charge >= 0.3 is 0 Å². The summed E-state index contributed by atoms with van der Waals surface area (Å²) >= 11 is 2.00. The Morgan fingerprint density at radius 2 is 0.957 bits per heavy atom. The minimum atomic E-state index is -0.0714. The summed E-state index contributed by atoms with van der Waals surface area (Å²) in [7, 11) is 0. The number of benzene rings is 12. The highest BCUT2D eigenvalue weighted by Crippen LogP contribution is 2.54. The second kappa shape index (κ2) is 19.2. The molecular formula is C86H67BN4S. The fourth-order valence-corrected chi connectivity index (χ4v) is 18.1. The lowest BCUT2D eigenvalue weighted by atomic mass is 9.36. The summed E-state index contributed by atoms with van der Waals surface area (Å²) in [6.07, 6.45) is 2.29. The van der Waals surface area contributed by atoms with E-state index in [0.717, 1.165) is 24.2 Å². The molecule has 0 amide bonds. The highest BCUT2D eigenvalue weighted by molar-refractivity contribution is 7.33. The molecule has 2 aliphatic heterocycles. The molecule has 16 aromatic rings. The Morgan fingerprint density at radius 3 is 1.63 bits per heavy atom. The predicted octanol–water partition coefficient (Wildman–Crippen LogP) is 21.5. The Balaban J connectivity index is 1.01. The van der Waals surface area contributed by atoms with Crippen molar-refractivity contribution in [2.24, 2.45) is 0 Å². The molecule has 0 N–H and O–H groups in total. The maximum atomic E-state index is 2.74. The van der Waals surface area contributed by atoms with Crippen LogP contribution >= 0.6 is 11.3 Å². The summed E-state index contributed by atoms with van der Waals surface area (Å²) in [5.41, 5.74) is 28.6.